The summed E-state index contributed by atoms with van der Waals surface area (Å²) in [5.74, 6) is -1.57. The van der Waals surface area contributed by atoms with Crippen LogP contribution in [-0.4, -0.2) is 47.5 Å². The highest BCUT2D eigenvalue weighted by atomic mass is 16.5. The van der Waals surface area contributed by atoms with E-state index in [0.717, 1.165) is 0 Å². The number of carboxylic acid groups (broad SMARTS) is 1. The van der Waals surface area contributed by atoms with Crippen LogP contribution in [-0.2, 0) is 19.1 Å². The molecule has 0 atom stereocenters. The number of hydrogen-bond donors (Lipinski definition) is 1. The molecule has 6 nitrogen and oxygen atoms in total. The van der Waals surface area contributed by atoms with E-state index in [1.54, 1.807) is 13.8 Å². The fourth-order valence-corrected chi connectivity index (χ4v) is 1.29. The third-order valence-corrected chi connectivity index (χ3v) is 2.18. The lowest BCUT2D eigenvalue weighted by Gasteiger charge is -2.19. The summed E-state index contributed by atoms with van der Waals surface area (Å²) >= 11 is 0. The molecule has 1 N–H and O–H groups in total. The Balaban J connectivity index is 3.99. The number of rotatable bonds is 8. The third-order valence-electron chi connectivity index (χ3n) is 2.18. The lowest BCUT2D eigenvalue weighted by molar-refractivity contribution is -0.146. The predicted molar refractivity (Wildman–Crippen MR) is 60.4 cm³/mol. The molecule has 17 heavy (non-hydrogen) atoms. The molecule has 0 aliphatic carbocycles. The minimum atomic E-state index is -0.943. The average molecular weight is 245 g/mol. The summed E-state index contributed by atoms with van der Waals surface area (Å²) in [6, 6.07) is 0. The standard InChI is InChI=1S/C11H19NO5/c1-3-12(8-7-10(14)15)9(13)5-6-11(16)17-4-2/h3-8H2,1-2H3,(H,14,15). The topological polar surface area (TPSA) is 83.9 Å². The Bertz CT molecular complexity index is 277. The van der Waals surface area contributed by atoms with Gasteiger partial charge >= 0.3 is 11.9 Å². The fraction of sp³-hybridized carbons (Fsp3) is 0.727. The van der Waals surface area contributed by atoms with Crippen molar-refractivity contribution in [3.05, 3.63) is 0 Å². The summed E-state index contributed by atoms with van der Waals surface area (Å²) in [5, 5.41) is 8.52. The number of nitrogens with zero attached hydrogens (tertiary/aromatic N) is 1. The average Bonchev–Trinajstić information content (AvgIpc) is 2.27. The Morgan fingerprint density at radius 1 is 1.12 bits per heavy atom. The van der Waals surface area contributed by atoms with Gasteiger partial charge in [0.15, 0.2) is 0 Å². The van der Waals surface area contributed by atoms with Crippen LogP contribution in [0.2, 0.25) is 0 Å². The number of hydrogen-bond acceptors (Lipinski definition) is 4. The first-order valence-corrected chi connectivity index (χ1v) is 5.66. The zero-order valence-corrected chi connectivity index (χ0v) is 10.3. The Morgan fingerprint density at radius 3 is 2.24 bits per heavy atom. The van der Waals surface area contributed by atoms with Crippen LogP contribution in [0.5, 0.6) is 0 Å². The highest BCUT2D eigenvalue weighted by Gasteiger charge is 2.14. The molecule has 0 aromatic heterocycles. The second kappa shape index (κ2) is 8.55. The van der Waals surface area contributed by atoms with Crippen molar-refractivity contribution < 1.29 is 24.2 Å². The number of aliphatic carboxylic acids is 1. The Hall–Kier alpha value is -1.59. The van der Waals surface area contributed by atoms with Crippen LogP contribution < -0.4 is 0 Å². The van der Waals surface area contributed by atoms with Crippen LogP contribution in [0.15, 0.2) is 0 Å². The highest BCUT2D eigenvalue weighted by Crippen LogP contribution is 2.01. The molecule has 0 bridgehead atoms. The number of carbonyl (C=O) groups is 3. The zero-order chi connectivity index (χ0) is 13.3. The summed E-state index contributed by atoms with van der Waals surface area (Å²) < 4.78 is 4.70. The first kappa shape index (κ1) is 15.4. The summed E-state index contributed by atoms with van der Waals surface area (Å²) in [6.45, 7) is 4.38. The SMILES string of the molecule is CCOC(=O)CCC(=O)N(CC)CCC(=O)O. The van der Waals surface area contributed by atoms with Crippen LogP contribution in [0.1, 0.15) is 33.1 Å². The molecule has 0 aromatic carbocycles. The number of carboxylic acids is 1. The molecular weight excluding hydrogens is 226 g/mol. The highest BCUT2D eigenvalue weighted by molar-refractivity contribution is 5.81. The Morgan fingerprint density at radius 2 is 1.76 bits per heavy atom. The molecule has 1 amide bonds. The maximum absolute atomic E-state index is 11.6. The minimum absolute atomic E-state index is 0.0379. The lowest BCUT2D eigenvalue weighted by Crippen LogP contribution is -2.33. The molecule has 0 aromatic rings. The third kappa shape index (κ3) is 7.32. The van der Waals surface area contributed by atoms with Crippen molar-refractivity contribution in [2.24, 2.45) is 0 Å². The molecule has 0 saturated heterocycles. The summed E-state index contributed by atoms with van der Waals surface area (Å²) in [7, 11) is 0. The van der Waals surface area contributed by atoms with Gasteiger partial charge in [-0.25, -0.2) is 0 Å². The van der Waals surface area contributed by atoms with E-state index in [0.29, 0.717) is 13.2 Å². The van der Waals surface area contributed by atoms with Gasteiger partial charge in [0.25, 0.3) is 0 Å². The quantitative estimate of drug-likeness (QED) is 0.635. The molecule has 0 radical (unpaired) electrons. The van der Waals surface area contributed by atoms with E-state index in [1.165, 1.54) is 4.90 Å². The van der Waals surface area contributed by atoms with E-state index in [1.807, 2.05) is 0 Å². The maximum atomic E-state index is 11.6. The molecule has 0 unspecified atom stereocenters. The van der Waals surface area contributed by atoms with Crippen LogP contribution >= 0.6 is 0 Å². The van der Waals surface area contributed by atoms with Crippen LogP contribution in [0, 0.1) is 0 Å². The largest absolute Gasteiger partial charge is 0.481 e. The molecule has 0 saturated carbocycles. The molecule has 0 heterocycles. The van der Waals surface area contributed by atoms with E-state index >= 15 is 0 Å². The fourth-order valence-electron chi connectivity index (χ4n) is 1.29. The molecule has 0 spiro atoms. The molecule has 0 aliphatic heterocycles. The van der Waals surface area contributed by atoms with Crippen molar-refractivity contribution in [1.82, 2.24) is 4.90 Å². The summed E-state index contributed by atoms with van der Waals surface area (Å²) in [5.41, 5.74) is 0. The smallest absolute Gasteiger partial charge is 0.306 e. The van der Waals surface area contributed by atoms with Gasteiger partial charge in [0.2, 0.25) is 5.91 Å². The molecule has 0 fully saturated rings. The van der Waals surface area contributed by atoms with Crippen LogP contribution in [0.4, 0.5) is 0 Å². The summed E-state index contributed by atoms with van der Waals surface area (Å²) in [6.07, 6.45) is 0.0154. The molecule has 98 valence electrons. The first-order chi connectivity index (χ1) is 8.01. The predicted octanol–water partition coefficient (Wildman–Crippen LogP) is 0.653. The van der Waals surface area contributed by atoms with Gasteiger partial charge in [0, 0.05) is 19.5 Å². The van der Waals surface area contributed by atoms with Gasteiger partial charge < -0.3 is 14.7 Å². The second-order valence-electron chi connectivity index (χ2n) is 3.42. The lowest BCUT2D eigenvalue weighted by atomic mass is 10.2. The van der Waals surface area contributed by atoms with Gasteiger partial charge in [-0.05, 0) is 13.8 Å². The maximum Gasteiger partial charge on any atom is 0.306 e. The second-order valence-corrected chi connectivity index (χ2v) is 3.42. The Kier molecular flexibility index (Phi) is 7.75. The van der Waals surface area contributed by atoms with Crippen molar-refractivity contribution in [2.75, 3.05) is 19.7 Å². The zero-order valence-electron chi connectivity index (χ0n) is 10.3. The van der Waals surface area contributed by atoms with Gasteiger partial charge in [-0.2, -0.15) is 0 Å². The van der Waals surface area contributed by atoms with Gasteiger partial charge in [-0.1, -0.05) is 0 Å². The van der Waals surface area contributed by atoms with Gasteiger partial charge in [-0.15, -0.1) is 0 Å². The van der Waals surface area contributed by atoms with E-state index in [4.69, 9.17) is 9.84 Å². The van der Waals surface area contributed by atoms with E-state index in [2.05, 4.69) is 0 Å². The first-order valence-electron chi connectivity index (χ1n) is 5.66. The number of carbonyl (C=O) groups excluding carboxylic acids is 2. The van der Waals surface area contributed by atoms with Crippen molar-refractivity contribution in [3.8, 4) is 0 Å². The number of amides is 1. The van der Waals surface area contributed by atoms with Gasteiger partial charge in [-0.3, -0.25) is 14.4 Å². The molecule has 0 aliphatic rings. The van der Waals surface area contributed by atoms with Crippen molar-refractivity contribution >= 4 is 17.8 Å². The van der Waals surface area contributed by atoms with E-state index < -0.39 is 11.9 Å². The minimum Gasteiger partial charge on any atom is -0.481 e. The van der Waals surface area contributed by atoms with E-state index in [9.17, 15) is 14.4 Å². The number of esters is 1. The normalized spacial score (nSPS) is 9.76. The van der Waals surface area contributed by atoms with Gasteiger partial charge in [0.05, 0.1) is 19.4 Å². The van der Waals surface area contributed by atoms with Gasteiger partial charge in [0.1, 0.15) is 0 Å². The molecule has 0 rings (SSSR count). The summed E-state index contributed by atoms with van der Waals surface area (Å²) in [4.78, 5) is 34.5. The van der Waals surface area contributed by atoms with Crippen LogP contribution in [0.25, 0.3) is 0 Å². The molecule has 6 heteroatoms. The van der Waals surface area contributed by atoms with E-state index in [-0.39, 0.29) is 31.7 Å². The van der Waals surface area contributed by atoms with Crippen molar-refractivity contribution in [2.45, 2.75) is 33.1 Å². The number of ether oxygens (including phenoxy) is 1. The monoisotopic (exact) mass is 245 g/mol. The van der Waals surface area contributed by atoms with Crippen LogP contribution in [0.3, 0.4) is 0 Å². The van der Waals surface area contributed by atoms with Crippen molar-refractivity contribution in [1.29, 1.82) is 0 Å². The van der Waals surface area contributed by atoms with Crippen molar-refractivity contribution in [3.63, 3.8) is 0 Å². The molecular formula is C11H19NO5. The Labute approximate surface area is 101 Å².